The Bertz CT molecular complexity index is 469. The Hall–Kier alpha value is -1.62. The Morgan fingerprint density at radius 2 is 2.00 bits per heavy atom. The SMILES string of the molecule is COCc1ccc(OC)c(CC(C)(C)C(=O)O)c1F. The maximum Gasteiger partial charge on any atom is 0.309 e. The van der Waals surface area contributed by atoms with Gasteiger partial charge in [0.25, 0.3) is 0 Å². The number of carboxylic acids is 1. The summed E-state index contributed by atoms with van der Waals surface area (Å²) >= 11 is 0. The second-order valence-electron chi connectivity index (χ2n) is 5.02. The van der Waals surface area contributed by atoms with E-state index in [1.165, 1.54) is 14.2 Å². The van der Waals surface area contributed by atoms with Crippen molar-refractivity contribution in [1.29, 1.82) is 0 Å². The molecule has 1 aromatic rings. The highest BCUT2D eigenvalue weighted by Gasteiger charge is 2.30. The Morgan fingerprint density at radius 1 is 1.37 bits per heavy atom. The van der Waals surface area contributed by atoms with Crippen LogP contribution in [-0.4, -0.2) is 25.3 Å². The molecule has 0 saturated carbocycles. The van der Waals surface area contributed by atoms with E-state index in [0.717, 1.165) is 0 Å². The summed E-state index contributed by atoms with van der Waals surface area (Å²) in [5.41, 5.74) is -0.413. The number of ether oxygens (including phenoxy) is 2. The summed E-state index contributed by atoms with van der Waals surface area (Å²) in [4.78, 5) is 11.2. The number of carboxylic acid groups (broad SMARTS) is 1. The minimum Gasteiger partial charge on any atom is -0.496 e. The average molecular weight is 270 g/mol. The second-order valence-corrected chi connectivity index (χ2v) is 5.02. The number of hydrogen-bond acceptors (Lipinski definition) is 3. The van der Waals surface area contributed by atoms with Gasteiger partial charge in [0.2, 0.25) is 0 Å². The van der Waals surface area contributed by atoms with Gasteiger partial charge in [0.15, 0.2) is 0 Å². The predicted octanol–water partition coefficient (Wildman–Crippen LogP) is 2.63. The molecule has 0 unspecified atom stereocenters. The fourth-order valence-corrected chi connectivity index (χ4v) is 1.79. The molecule has 5 heteroatoms. The molecule has 4 nitrogen and oxygen atoms in total. The molecule has 0 aromatic heterocycles. The van der Waals surface area contributed by atoms with Gasteiger partial charge in [-0.2, -0.15) is 0 Å². The van der Waals surface area contributed by atoms with Crippen LogP contribution in [0.25, 0.3) is 0 Å². The fourth-order valence-electron chi connectivity index (χ4n) is 1.79. The molecule has 1 rings (SSSR count). The summed E-state index contributed by atoms with van der Waals surface area (Å²) in [5.74, 6) is -1.09. The van der Waals surface area contributed by atoms with Gasteiger partial charge < -0.3 is 14.6 Å². The molecule has 0 bridgehead atoms. The van der Waals surface area contributed by atoms with Crippen LogP contribution in [-0.2, 0) is 22.6 Å². The van der Waals surface area contributed by atoms with Gasteiger partial charge in [-0.05, 0) is 26.3 Å². The largest absolute Gasteiger partial charge is 0.496 e. The lowest BCUT2D eigenvalue weighted by Gasteiger charge is -2.21. The van der Waals surface area contributed by atoms with Gasteiger partial charge in [-0.15, -0.1) is 0 Å². The van der Waals surface area contributed by atoms with Crippen molar-refractivity contribution in [1.82, 2.24) is 0 Å². The summed E-state index contributed by atoms with van der Waals surface area (Å²) < 4.78 is 24.4. The first kappa shape index (κ1) is 15.4. The molecule has 0 spiro atoms. The monoisotopic (exact) mass is 270 g/mol. The summed E-state index contributed by atoms with van der Waals surface area (Å²) in [6, 6.07) is 3.21. The van der Waals surface area contributed by atoms with E-state index in [0.29, 0.717) is 11.3 Å². The highest BCUT2D eigenvalue weighted by molar-refractivity contribution is 5.74. The Morgan fingerprint density at radius 3 is 2.47 bits per heavy atom. The van der Waals surface area contributed by atoms with E-state index in [4.69, 9.17) is 14.6 Å². The molecule has 0 saturated heterocycles. The molecule has 0 fully saturated rings. The topological polar surface area (TPSA) is 55.8 Å². The number of benzene rings is 1. The minimum atomic E-state index is -1.07. The molecule has 0 radical (unpaired) electrons. The van der Waals surface area contributed by atoms with Crippen LogP contribution in [0.5, 0.6) is 5.75 Å². The third-order valence-electron chi connectivity index (χ3n) is 3.00. The van der Waals surface area contributed by atoms with Gasteiger partial charge in [0.1, 0.15) is 11.6 Å². The molecule has 1 aromatic carbocycles. The summed E-state index contributed by atoms with van der Waals surface area (Å²) in [7, 11) is 2.91. The number of carbonyl (C=O) groups is 1. The number of halogens is 1. The van der Waals surface area contributed by atoms with Crippen molar-refractivity contribution in [3.8, 4) is 5.75 Å². The maximum absolute atomic E-state index is 14.3. The van der Waals surface area contributed by atoms with Crippen molar-refractivity contribution in [3.63, 3.8) is 0 Å². The van der Waals surface area contributed by atoms with E-state index in [9.17, 15) is 9.18 Å². The standard InChI is InChI=1S/C14H19FO4/c1-14(2,13(16)17)7-10-11(19-4)6-5-9(8-18-3)12(10)15/h5-6H,7-8H2,1-4H3,(H,16,17). The summed E-state index contributed by atoms with van der Waals surface area (Å²) in [5, 5.41) is 9.14. The molecular formula is C14H19FO4. The predicted molar refractivity (Wildman–Crippen MR) is 68.8 cm³/mol. The Labute approximate surface area is 112 Å². The second kappa shape index (κ2) is 6.02. The van der Waals surface area contributed by atoms with E-state index in [2.05, 4.69) is 0 Å². The van der Waals surface area contributed by atoms with Crippen LogP contribution in [0.4, 0.5) is 4.39 Å². The van der Waals surface area contributed by atoms with Crippen LogP contribution in [0.1, 0.15) is 25.0 Å². The Balaban J connectivity index is 3.23. The number of hydrogen-bond donors (Lipinski definition) is 1. The highest BCUT2D eigenvalue weighted by Crippen LogP contribution is 2.31. The molecule has 1 N–H and O–H groups in total. The van der Waals surface area contributed by atoms with Crippen molar-refractivity contribution in [2.24, 2.45) is 5.41 Å². The quantitative estimate of drug-likeness (QED) is 0.863. The first-order chi connectivity index (χ1) is 8.83. The average Bonchev–Trinajstić information content (AvgIpc) is 2.34. The lowest BCUT2D eigenvalue weighted by Crippen LogP contribution is -2.27. The van der Waals surface area contributed by atoms with Crippen molar-refractivity contribution < 1.29 is 23.8 Å². The van der Waals surface area contributed by atoms with Gasteiger partial charge in [-0.1, -0.05) is 6.07 Å². The van der Waals surface area contributed by atoms with E-state index in [1.54, 1.807) is 26.0 Å². The van der Waals surface area contributed by atoms with Gasteiger partial charge in [-0.25, -0.2) is 4.39 Å². The molecule has 0 atom stereocenters. The summed E-state index contributed by atoms with van der Waals surface area (Å²) in [6.45, 7) is 3.24. The minimum absolute atomic E-state index is 0.0505. The summed E-state index contributed by atoms with van der Waals surface area (Å²) in [6.07, 6.45) is 0.0505. The van der Waals surface area contributed by atoms with E-state index >= 15 is 0 Å². The third kappa shape index (κ3) is 3.44. The van der Waals surface area contributed by atoms with Crippen LogP contribution in [0.2, 0.25) is 0 Å². The normalized spacial score (nSPS) is 11.4. The van der Waals surface area contributed by atoms with E-state index in [1.807, 2.05) is 0 Å². The van der Waals surface area contributed by atoms with Gasteiger partial charge in [0, 0.05) is 18.2 Å². The lowest BCUT2D eigenvalue weighted by molar-refractivity contribution is -0.146. The number of aliphatic carboxylic acids is 1. The van der Waals surface area contributed by atoms with Crippen LogP contribution in [0.15, 0.2) is 12.1 Å². The lowest BCUT2D eigenvalue weighted by atomic mass is 9.85. The molecule has 0 aliphatic carbocycles. The van der Waals surface area contributed by atoms with Crippen LogP contribution in [0, 0.1) is 11.2 Å². The zero-order valence-corrected chi connectivity index (χ0v) is 11.6. The molecule has 0 aliphatic rings. The maximum atomic E-state index is 14.3. The molecule has 0 heterocycles. The Kier molecular flexibility index (Phi) is 4.89. The zero-order chi connectivity index (χ0) is 14.6. The van der Waals surface area contributed by atoms with Crippen molar-refractivity contribution in [3.05, 3.63) is 29.1 Å². The smallest absolute Gasteiger partial charge is 0.309 e. The number of rotatable bonds is 6. The van der Waals surface area contributed by atoms with Crippen LogP contribution in [0.3, 0.4) is 0 Å². The molecule has 0 amide bonds. The fraction of sp³-hybridized carbons (Fsp3) is 0.500. The number of methoxy groups -OCH3 is 2. The van der Waals surface area contributed by atoms with E-state index in [-0.39, 0.29) is 18.6 Å². The van der Waals surface area contributed by atoms with Gasteiger partial charge in [-0.3, -0.25) is 4.79 Å². The van der Waals surface area contributed by atoms with Gasteiger partial charge >= 0.3 is 5.97 Å². The first-order valence-corrected chi connectivity index (χ1v) is 5.90. The zero-order valence-electron chi connectivity index (χ0n) is 11.6. The van der Waals surface area contributed by atoms with Crippen molar-refractivity contribution in [2.75, 3.05) is 14.2 Å². The van der Waals surface area contributed by atoms with Gasteiger partial charge in [0.05, 0.1) is 19.1 Å². The van der Waals surface area contributed by atoms with Crippen LogP contribution >= 0.6 is 0 Å². The molecule has 19 heavy (non-hydrogen) atoms. The van der Waals surface area contributed by atoms with Crippen molar-refractivity contribution >= 4 is 5.97 Å². The first-order valence-electron chi connectivity index (χ1n) is 5.90. The molecule has 0 aliphatic heterocycles. The van der Waals surface area contributed by atoms with E-state index < -0.39 is 17.2 Å². The molecule has 106 valence electrons. The highest BCUT2D eigenvalue weighted by atomic mass is 19.1. The third-order valence-corrected chi connectivity index (χ3v) is 3.00. The molecular weight excluding hydrogens is 251 g/mol. The van der Waals surface area contributed by atoms with Crippen molar-refractivity contribution in [2.45, 2.75) is 26.9 Å². The van der Waals surface area contributed by atoms with Crippen LogP contribution < -0.4 is 4.74 Å².